The van der Waals surface area contributed by atoms with Crippen LogP contribution in [-0.2, 0) is 6.42 Å². The molecule has 0 aliphatic rings. The molecule has 0 bridgehead atoms. The summed E-state index contributed by atoms with van der Waals surface area (Å²) in [7, 11) is 0. The van der Waals surface area contributed by atoms with E-state index in [0.29, 0.717) is 12.0 Å². The Morgan fingerprint density at radius 3 is 2.40 bits per heavy atom. The quantitative estimate of drug-likeness (QED) is 0.884. The predicted octanol–water partition coefficient (Wildman–Crippen LogP) is 4.02. The molecule has 0 aromatic heterocycles. The average Bonchev–Trinajstić information content (AvgIpc) is 2.42. The van der Waals surface area contributed by atoms with Crippen LogP contribution in [0.4, 0.5) is 14.5 Å². The van der Waals surface area contributed by atoms with Crippen molar-refractivity contribution in [2.45, 2.75) is 26.3 Å². The van der Waals surface area contributed by atoms with Crippen molar-refractivity contribution in [1.82, 2.24) is 0 Å². The second-order valence-electron chi connectivity index (χ2n) is 4.97. The molecule has 2 aromatic carbocycles. The first kappa shape index (κ1) is 14.3. The van der Waals surface area contributed by atoms with Crippen LogP contribution in [0.3, 0.4) is 0 Å². The van der Waals surface area contributed by atoms with Gasteiger partial charge in [-0.2, -0.15) is 0 Å². The molecule has 20 heavy (non-hydrogen) atoms. The third kappa shape index (κ3) is 3.26. The van der Waals surface area contributed by atoms with Gasteiger partial charge in [-0.25, -0.2) is 8.78 Å². The number of halogens is 2. The highest BCUT2D eigenvalue weighted by Gasteiger charge is 2.14. The van der Waals surface area contributed by atoms with Crippen molar-refractivity contribution in [3.8, 4) is 5.75 Å². The van der Waals surface area contributed by atoms with Gasteiger partial charge in [0.25, 0.3) is 0 Å². The fraction of sp³-hybridized carbons (Fsp3) is 0.250. The van der Waals surface area contributed by atoms with E-state index < -0.39 is 11.6 Å². The summed E-state index contributed by atoms with van der Waals surface area (Å²) in [6, 6.07) is 9.30. The normalized spacial score (nSPS) is 12.2. The lowest BCUT2D eigenvalue weighted by Crippen LogP contribution is -2.20. The number of hydrogen-bond acceptors (Lipinski definition) is 2. The Labute approximate surface area is 117 Å². The lowest BCUT2D eigenvalue weighted by atomic mass is 10.1. The molecule has 4 heteroatoms. The predicted molar refractivity (Wildman–Crippen MR) is 76.0 cm³/mol. The summed E-state index contributed by atoms with van der Waals surface area (Å²) in [5.74, 6) is -0.946. The highest BCUT2D eigenvalue weighted by molar-refractivity contribution is 5.49. The van der Waals surface area contributed by atoms with Gasteiger partial charge in [-0.05, 0) is 49.6 Å². The molecule has 0 heterocycles. The summed E-state index contributed by atoms with van der Waals surface area (Å²) < 4.78 is 27.5. The summed E-state index contributed by atoms with van der Waals surface area (Å²) in [4.78, 5) is 0. The van der Waals surface area contributed by atoms with Gasteiger partial charge in [0.1, 0.15) is 17.3 Å². The molecular weight excluding hydrogens is 260 g/mol. The van der Waals surface area contributed by atoms with Crippen molar-refractivity contribution in [3.63, 3.8) is 0 Å². The fourth-order valence-electron chi connectivity index (χ4n) is 2.07. The highest BCUT2D eigenvalue weighted by atomic mass is 19.1. The van der Waals surface area contributed by atoms with Gasteiger partial charge >= 0.3 is 0 Å². The van der Waals surface area contributed by atoms with Gasteiger partial charge < -0.3 is 10.4 Å². The van der Waals surface area contributed by atoms with Gasteiger partial charge in [0.05, 0.1) is 0 Å². The Balaban J connectivity index is 2.10. The van der Waals surface area contributed by atoms with E-state index in [0.717, 1.165) is 5.56 Å². The van der Waals surface area contributed by atoms with E-state index >= 15 is 0 Å². The van der Waals surface area contributed by atoms with Crippen molar-refractivity contribution in [2.75, 3.05) is 5.32 Å². The Morgan fingerprint density at radius 1 is 1.10 bits per heavy atom. The first-order valence-electron chi connectivity index (χ1n) is 6.46. The van der Waals surface area contributed by atoms with Gasteiger partial charge in [0.2, 0.25) is 0 Å². The molecule has 2 N–H and O–H groups in total. The minimum atomic E-state index is -0.592. The molecule has 0 saturated heterocycles. The van der Waals surface area contributed by atoms with Crippen LogP contribution in [0.15, 0.2) is 36.4 Å². The lowest BCUT2D eigenvalue weighted by molar-refractivity contribution is 0.475. The van der Waals surface area contributed by atoms with Gasteiger partial charge in [0.15, 0.2) is 5.82 Å². The molecular formula is C16H17F2NO. The molecule has 106 valence electrons. The van der Waals surface area contributed by atoms with Crippen LogP contribution >= 0.6 is 0 Å². The number of benzene rings is 2. The van der Waals surface area contributed by atoms with Crippen molar-refractivity contribution in [2.24, 2.45) is 0 Å². The first-order valence-corrected chi connectivity index (χ1v) is 6.46. The zero-order valence-corrected chi connectivity index (χ0v) is 11.5. The highest BCUT2D eigenvalue weighted by Crippen LogP contribution is 2.23. The minimum absolute atomic E-state index is 0.0868. The summed E-state index contributed by atoms with van der Waals surface area (Å²) in [5, 5.41) is 12.1. The van der Waals surface area contributed by atoms with Gasteiger partial charge in [0, 0.05) is 6.04 Å². The fourth-order valence-corrected chi connectivity index (χ4v) is 2.07. The van der Waals surface area contributed by atoms with E-state index in [-0.39, 0.29) is 17.5 Å². The maximum atomic E-state index is 13.9. The minimum Gasteiger partial charge on any atom is -0.508 e. The van der Waals surface area contributed by atoms with Crippen molar-refractivity contribution >= 4 is 5.69 Å². The Hall–Kier alpha value is -2.10. The van der Waals surface area contributed by atoms with Crippen LogP contribution in [0.1, 0.15) is 18.1 Å². The van der Waals surface area contributed by atoms with Crippen LogP contribution in [0, 0.1) is 18.6 Å². The van der Waals surface area contributed by atoms with Crippen LogP contribution in [-0.4, -0.2) is 11.1 Å². The van der Waals surface area contributed by atoms with Crippen molar-refractivity contribution < 1.29 is 13.9 Å². The first-order chi connectivity index (χ1) is 9.47. The summed E-state index contributed by atoms with van der Waals surface area (Å²) in [6.45, 7) is 3.46. The van der Waals surface area contributed by atoms with Gasteiger partial charge in [-0.15, -0.1) is 0 Å². The van der Waals surface area contributed by atoms with Crippen LogP contribution < -0.4 is 5.32 Å². The second kappa shape index (κ2) is 5.90. The standard InChI is InChI=1S/C16H17F2NO/c1-10-3-8-14(17)16(15(10)18)19-11(2)9-12-4-6-13(20)7-5-12/h3-8,11,19-20H,9H2,1-2H3. The van der Waals surface area contributed by atoms with E-state index in [1.165, 1.54) is 12.1 Å². The maximum absolute atomic E-state index is 13.9. The number of nitrogens with one attached hydrogen (secondary N) is 1. The lowest BCUT2D eigenvalue weighted by Gasteiger charge is -2.17. The van der Waals surface area contributed by atoms with E-state index in [4.69, 9.17) is 0 Å². The molecule has 1 unspecified atom stereocenters. The number of rotatable bonds is 4. The molecule has 0 spiro atoms. The van der Waals surface area contributed by atoms with E-state index in [1.807, 2.05) is 6.92 Å². The molecule has 0 aliphatic heterocycles. The second-order valence-corrected chi connectivity index (χ2v) is 4.97. The zero-order chi connectivity index (χ0) is 14.7. The topological polar surface area (TPSA) is 32.3 Å². The van der Waals surface area contributed by atoms with Crippen LogP contribution in [0.25, 0.3) is 0 Å². The van der Waals surface area contributed by atoms with Crippen molar-refractivity contribution in [3.05, 3.63) is 59.2 Å². The monoisotopic (exact) mass is 277 g/mol. The molecule has 0 saturated carbocycles. The largest absolute Gasteiger partial charge is 0.508 e. The van der Waals surface area contributed by atoms with E-state index in [9.17, 15) is 13.9 Å². The van der Waals surface area contributed by atoms with Crippen LogP contribution in [0.5, 0.6) is 5.75 Å². The Morgan fingerprint density at radius 2 is 1.75 bits per heavy atom. The van der Waals surface area contributed by atoms with E-state index in [2.05, 4.69) is 5.32 Å². The third-order valence-corrected chi connectivity index (χ3v) is 3.15. The van der Waals surface area contributed by atoms with Crippen molar-refractivity contribution in [1.29, 1.82) is 0 Å². The molecule has 2 rings (SSSR count). The smallest absolute Gasteiger partial charge is 0.152 e. The van der Waals surface area contributed by atoms with Gasteiger partial charge in [-0.1, -0.05) is 18.2 Å². The molecule has 2 nitrogen and oxygen atoms in total. The molecule has 0 radical (unpaired) electrons. The summed E-state index contributed by atoms with van der Waals surface area (Å²) in [5.41, 5.74) is 1.30. The third-order valence-electron chi connectivity index (χ3n) is 3.15. The SMILES string of the molecule is Cc1ccc(F)c(NC(C)Cc2ccc(O)cc2)c1F. The number of phenolic OH excluding ortho intramolecular Hbond substituents is 1. The summed E-state index contributed by atoms with van der Waals surface area (Å²) in [6.07, 6.45) is 0.604. The van der Waals surface area contributed by atoms with E-state index in [1.54, 1.807) is 31.2 Å². The Bertz CT molecular complexity index is 596. The maximum Gasteiger partial charge on any atom is 0.152 e. The number of anilines is 1. The van der Waals surface area contributed by atoms with Gasteiger partial charge in [-0.3, -0.25) is 0 Å². The number of aromatic hydroxyl groups is 1. The van der Waals surface area contributed by atoms with Crippen LogP contribution in [0.2, 0.25) is 0 Å². The number of aryl methyl sites for hydroxylation is 1. The average molecular weight is 277 g/mol. The summed E-state index contributed by atoms with van der Waals surface area (Å²) >= 11 is 0. The molecule has 0 fully saturated rings. The zero-order valence-electron chi connectivity index (χ0n) is 11.5. The Kier molecular flexibility index (Phi) is 4.23. The molecule has 0 amide bonds. The number of hydrogen-bond donors (Lipinski definition) is 2. The molecule has 2 aromatic rings. The molecule has 1 atom stereocenters. The molecule has 0 aliphatic carbocycles. The number of phenols is 1.